The van der Waals surface area contributed by atoms with Crippen molar-refractivity contribution in [1.29, 1.82) is 0 Å². The molecule has 1 aromatic rings. The topological polar surface area (TPSA) is 72.2 Å². The molecule has 1 aromatic carbocycles. The number of carbonyl (C=O) groups is 1. The minimum Gasteiger partial charge on any atom is -0.348 e. The van der Waals surface area contributed by atoms with E-state index in [4.69, 9.17) is 0 Å². The number of amides is 1. The lowest BCUT2D eigenvalue weighted by Crippen LogP contribution is -2.34. The van der Waals surface area contributed by atoms with Gasteiger partial charge in [0.2, 0.25) is 0 Å². The largest absolute Gasteiger partial charge is 0.348 e. The lowest BCUT2D eigenvalue weighted by molar-refractivity contribution is -0.384. The van der Waals surface area contributed by atoms with Crippen molar-refractivity contribution in [3.8, 4) is 0 Å². The second-order valence-electron chi connectivity index (χ2n) is 3.96. The molecule has 1 unspecified atom stereocenters. The van der Waals surface area contributed by atoms with Gasteiger partial charge >= 0.3 is 0 Å². The van der Waals surface area contributed by atoms with Crippen LogP contribution in [0.25, 0.3) is 0 Å². The molecule has 2 rings (SSSR count). The molecule has 1 saturated heterocycles. The third kappa shape index (κ3) is 3.02. The summed E-state index contributed by atoms with van der Waals surface area (Å²) in [6.07, 6.45) is 0.947. The molecule has 1 amide bonds. The van der Waals surface area contributed by atoms with Crippen molar-refractivity contribution in [3.63, 3.8) is 0 Å². The van der Waals surface area contributed by atoms with E-state index in [-0.39, 0.29) is 17.6 Å². The van der Waals surface area contributed by atoms with Crippen molar-refractivity contribution in [3.05, 3.63) is 38.3 Å². The van der Waals surface area contributed by atoms with Crippen molar-refractivity contribution in [1.82, 2.24) is 5.32 Å². The summed E-state index contributed by atoms with van der Waals surface area (Å²) in [5.41, 5.74) is 0.227. The summed E-state index contributed by atoms with van der Waals surface area (Å²) in [7, 11) is 0. The summed E-state index contributed by atoms with van der Waals surface area (Å²) in [6, 6.07) is 4.35. The van der Waals surface area contributed by atoms with E-state index in [1.165, 1.54) is 18.2 Å². The summed E-state index contributed by atoms with van der Waals surface area (Å²) < 4.78 is 0.566. The Bertz CT molecular complexity index is 489. The van der Waals surface area contributed by atoms with E-state index < -0.39 is 4.92 Å². The zero-order chi connectivity index (χ0) is 13.1. The monoisotopic (exact) mass is 330 g/mol. The van der Waals surface area contributed by atoms with Gasteiger partial charge in [-0.1, -0.05) is 0 Å². The Morgan fingerprint density at radius 2 is 2.33 bits per heavy atom. The van der Waals surface area contributed by atoms with Crippen LogP contribution in [-0.4, -0.2) is 28.4 Å². The predicted molar refractivity (Wildman–Crippen MR) is 74.0 cm³/mol. The second-order valence-corrected chi connectivity index (χ2v) is 5.96. The Kier molecular flexibility index (Phi) is 4.23. The SMILES string of the molecule is O=C(NC1CCSC1)c1cc([N+](=O)[O-])ccc1Br. The first-order chi connectivity index (χ1) is 8.58. The van der Waals surface area contributed by atoms with Gasteiger partial charge in [-0.15, -0.1) is 0 Å². The third-order valence-electron chi connectivity index (χ3n) is 2.67. The lowest BCUT2D eigenvalue weighted by atomic mass is 10.1. The molecule has 1 aliphatic heterocycles. The van der Waals surface area contributed by atoms with Crippen molar-refractivity contribution in [2.45, 2.75) is 12.5 Å². The van der Waals surface area contributed by atoms with Crippen LogP contribution < -0.4 is 5.32 Å². The van der Waals surface area contributed by atoms with Crippen LogP contribution in [0.2, 0.25) is 0 Å². The van der Waals surface area contributed by atoms with E-state index in [0.717, 1.165) is 17.9 Å². The molecular weight excluding hydrogens is 320 g/mol. The van der Waals surface area contributed by atoms with Gasteiger partial charge in [-0.2, -0.15) is 11.8 Å². The molecule has 0 aliphatic carbocycles. The van der Waals surface area contributed by atoms with E-state index in [0.29, 0.717) is 10.0 Å². The first-order valence-corrected chi connectivity index (χ1v) is 7.35. The maximum absolute atomic E-state index is 12.0. The third-order valence-corrected chi connectivity index (χ3v) is 4.52. The predicted octanol–water partition coefficient (Wildman–Crippen LogP) is 2.59. The Morgan fingerprint density at radius 1 is 1.56 bits per heavy atom. The van der Waals surface area contributed by atoms with Gasteiger partial charge in [-0.05, 0) is 34.2 Å². The van der Waals surface area contributed by atoms with Gasteiger partial charge in [0.1, 0.15) is 0 Å². The van der Waals surface area contributed by atoms with E-state index >= 15 is 0 Å². The van der Waals surface area contributed by atoms with Crippen LogP contribution in [0.4, 0.5) is 5.69 Å². The fourth-order valence-electron chi connectivity index (χ4n) is 1.71. The quantitative estimate of drug-likeness (QED) is 0.683. The van der Waals surface area contributed by atoms with Crippen LogP contribution in [0.15, 0.2) is 22.7 Å². The highest BCUT2D eigenvalue weighted by molar-refractivity contribution is 9.10. The molecule has 96 valence electrons. The molecule has 0 radical (unpaired) electrons. The van der Waals surface area contributed by atoms with Gasteiger partial charge in [-0.25, -0.2) is 0 Å². The van der Waals surface area contributed by atoms with Crippen molar-refractivity contribution in [2.24, 2.45) is 0 Å². The maximum Gasteiger partial charge on any atom is 0.270 e. The summed E-state index contributed by atoms with van der Waals surface area (Å²) in [5, 5.41) is 13.6. The normalized spacial score (nSPS) is 18.6. The van der Waals surface area contributed by atoms with Crippen LogP contribution in [0.5, 0.6) is 0 Å². The molecule has 18 heavy (non-hydrogen) atoms. The molecule has 0 saturated carbocycles. The van der Waals surface area contributed by atoms with Crippen molar-refractivity contribution in [2.75, 3.05) is 11.5 Å². The number of thioether (sulfide) groups is 1. The number of nitrogens with one attached hydrogen (secondary N) is 1. The van der Waals surface area contributed by atoms with Gasteiger partial charge in [-0.3, -0.25) is 14.9 Å². The van der Waals surface area contributed by atoms with Crippen molar-refractivity contribution < 1.29 is 9.72 Å². The standard InChI is InChI=1S/C11H11BrN2O3S/c12-10-2-1-8(14(16)17)5-9(10)11(15)13-7-3-4-18-6-7/h1-2,5,7H,3-4,6H2,(H,13,15). The highest BCUT2D eigenvalue weighted by atomic mass is 79.9. The van der Waals surface area contributed by atoms with Crippen LogP contribution in [-0.2, 0) is 0 Å². The number of non-ortho nitro benzene ring substituents is 1. The number of hydrogen-bond acceptors (Lipinski definition) is 4. The molecule has 0 bridgehead atoms. The van der Waals surface area contributed by atoms with Gasteiger partial charge in [0.15, 0.2) is 0 Å². The number of halogens is 1. The molecule has 0 aromatic heterocycles. The zero-order valence-corrected chi connectivity index (χ0v) is 11.8. The summed E-state index contributed by atoms with van der Waals surface area (Å²) in [4.78, 5) is 22.2. The van der Waals surface area contributed by atoms with E-state index in [9.17, 15) is 14.9 Å². The Labute approximate surface area is 117 Å². The molecule has 7 heteroatoms. The van der Waals surface area contributed by atoms with Gasteiger partial charge in [0.05, 0.1) is 10.5 Å². The molecule has 1 fully saturated rings. The summed E-state index contributed by atoms with van der Waals surface area (Å²) in [6.45, 7) is 0. The molecule has 5 nitrogen and oxygen atoms in total. The average Bonchev–Trinajstić information content (AvgIpc) is 2.81. The van der Waals surface area contributed by atoms with Crippen LogP contribution in [0, 0.1) is 10.1 Å². The lowest BCUT2D eigenvalue weighted by Gasteiger charge is -2.12. The maximum atomic E-state index is 12.0. The van der Waals surface area contributed by atoms with Gasteiger partial charge in [0.25, 0.3) is 11.6 Å². The van der Waals surface area contributed by atoms with E-state index in [2.05, 4.69) is 21.2 Å². The number of nitro benzene ring substituents is 1. The second kappa shape index (κ2) is 5.71. The minimum absolute atomic E-state index is 0.0795. The Morgan fingerprint density at radius 3 is 2.94 bits per heavy atom. The number of carbonyl (C=O) groups excluding carboxylic acids is 1. The summed E-state index contributed by atoms with van der Waals surface area (Å²) >= 11 is 5.04. The fraction of sp³-hybridized carbons (Fsp3) is 0.364. The molecule has 1 aliphatic rings. The minimum atomic E-state index is -0.505. The zero-order valence-electron chi connectivity index (χ0n) is 9.39. The first-order valence-electron chi connectivity index (χ1n) is 5.40. The number of nitro groups is 1. The molecule has 1 heterocycles. The molecule has 1 atom stereocenters. The van der Waals surface area contributed by atoms with Crippen LogP contribution in [0.1, 0.15) is 16.8 Å². The summed E-state index contributed by atoms with van der Waals surface area (Å²) in [5.74, 6) is 1.68. The van der Waals surface area contributed by atoms with E-state index in [1.807, 2.05) is 0 Å². The smallest absolute Gasteiger partial charge is 0.270 e. The van der Waals surface area contributed by atoms with Crippen molar-refractivity contribution >= 4 is 39.3 Å². The highest BCUT2D eigenvalue weighted by Crippen LogP contribution is 2.23. The number of hydrogen-bond donors (Lipinski definition) is 1. The number of nitrogens with zero attached hydrogens (tertiary/aromatic N) is 1. The van der Waals surface area contributed by atoms with Gasteiger partial charge in [0, 0.05) is 28.4 Å². The molecule has 1 N–H and O–H groups in total. The number of rotatable bonds is 3. The number of benzene rings is 1. The highest BCUT2D eigenvalue weighted by Gasteiger charge is 2.21. The van der Waals surface area contributed by atoms with E-state index in [1.54, 1.807) is 11.8 Å². The van der Waals surface area contributed by atoms with Gasteiger partial charge < -0.3 is 5.32 Å². The first kappa shape index (κ1) is 13.4. The molecule has 0 spiro atoms. The Hall–Kier alpha value is -1.08. The molecular formula is C11H11BrN2O3S. The fourth-order valence-corrected chi connectivity index (χ4v) is 3.29. The van der Waals surface area contributed by atoms with Crippen LogP contribution in [0.3, 0.4) is 0 Å². The van der Waals surface area contributed by atoms with Crippen LogP contribution >= 0.6 is 27.7 Å². The average molecular weight is 331 g/mol. The Balaban J connectivity index is 2.17.